The van der Waals surface area contributed by atoms with Gasteiger partial charge in [-0.15, -0.1) is 11.3 Å². The third kappa shape index (κ3) is 4.65. The van der Waals surface area contributed by atoms with Gasteiger partial charge < -0.3 is 26.0 Å². The van der Waals surface area contributed by atoms with Gasteiger partial charge in [-0.05, 0) is 31.5 Å². The molecule has 0 saturated carbocycles. The van der Waals surface area contributed by atoms with Gasteiger partial charge in [0.1, 0.15) is 11.8 Å². The molecule has 1 atom stereocenters. The number of nitrogens with one attached hydrogen (secondary N) is 1. The van der Waals surface area contributed by atoms with Crippen molar-refractivity contribution in [1.29, 1.82) is 0 Å². The van der Waals surface area contributed by atoms with Crippen molar-refractivity contribution >= 4 is 35.1 Å². The molecular formula is C18H18N2O7S. The molecule has 28 heavy (non-hydrogen) atoms. The first-order chi connectivity index (χ1) is 13.1. The second kappa shape index (κ2) is 8.53. The van der Waals surface area contributed by atoms with Gasteiger partial charge in [0.15, 0.2) is 11.5 Å². The highest BCUT2D eigenvalue weighted by Crippen LogP contribution is 2.41. The van der Waals surface area contributed by atoms with E-state index >= 15 is 0 Å². The van der Waals surface area contributed by atoms with Gasteiger partial charge in [0, 0.05) is 16.0 Å². The zero-order valence-electron chi connectivity index (χ0n) is 15.0. The fourth-order valence-corrected chi connectivity index (χ4v) is 3.44. The van der Waals surface area contributed by atoms with Gasteiger partial charge >= 0.3 is 11.9 Å². The molecule has 0 aliphatic heterocycles. The van der Waals surface area contributed by atoms with Crippen molar-refractivity contribution in [2.45, 2.75) is 19.9 Å². The molecule has 0 spiro atoms. The van der Waals surface area contributed by atoms with E-state index in [0.29, 0.717) is 21.6 Å². The van der Waals surface area contributed by atoms with E-state index in [1.165, 1.54) is 19.1 Å². The number of aliphatic carboxylic acids is 1. The summed E-state index contributed by atoms with van der Waals surface area (Å²) >= 11 is 0.949. The molecule has 1 aromatic carbocycles. The summed E-state index contributed by atoms with van der Waals surface area (Å²) in [7, 11) is 0. The highest BCUT2D eigenvalue weighted by Gasteiger charge is 2.23. The molecule has 1 unspecified atom stereocenters. The smallest absolute Gasteiger partial charge is 0.349 e. The molecule has 0 fully saturated rings. The predicted molar refractivity (Wildman–Crippen MR) is 101 cm³/mol. The highest BCUT2D eigenvalue weighted by molar-refractivity contribution is 7.18. The van der Waals surface area contributed by atoms with Crippen LogP contribution in [-0.4, -0.2) is 46.6 Å². The average Bonchev–Trinajstić information content (AvgIpc) is 2.96. The van der Waals surface area contributed by atoms with E-state index in [1.54, 1.807) is 19.1 Å². The fraction of sp³-hybridized carbons (Fsp3) is 0.222. The monoisotopic (exact) mass is 406 g/mol. The van der Waals surface area contributed by atoms with E-state index in [1.807, 2.05) is 0 Å². The van der Waals surface area contributed by atoms with E-state index in [4.69, 9.17) is 15.6 Å². The van der Waals surface area contributed by atoms with Crippen LogP contribution < -0.4 is 15.8 Å². The molecule has 2 amide bonds. The number of nitrogens with two attached hydrogens (primary N) is 1. The minimum atomic E-state index is -1.23. The number of carbonyl (C=O) groups excluding carboxylic acids is 2. The Labute approximate surface area is 163 Å². The Morgan fingerprint density at radius 2 is 1.79 bits per heavy atom. The third-order valence-corrected chi connectivity index (χ3v) is 5.12. The number of hydrogen-bond donors (Lipinski definition) is 4. The summed E-state index contributed by atoms with van der Waals surface area (Å²) in [4.78, 5) is 45.8. The van der Waals surface area contributed by atoms with E-state index < -0.39 is 36.4 Å². The average molecular weight is 406 g/mol. The Kier molecular flexibility index (Phi) is 6.37. The molecule has 148 valence electrons. The van der Waals surface area contributed by atoms with Crippen molar-refractivity contribution in [3.05, 3.63) is 40.3 Å². The highest BCUT2D eigenvalue weighted by atomic mass is 32.1. The van der Waals surface area contributed by atoms with E-state index in [-0.39, 0.29) is 10.6 Å². The SMILES string of the molecule is Cc1c(-c2ccc(C(=O)NC(C)C(N)=O)cc2)sc(C(=O)O)c1OCC(=O)O. The van der Waals surface area contributed by atoms with Crippen molar-refractivity contribution in [2.24, 2.45) is 5.73 Å². The first-order valence-electron chi connectivity index (χ1n) is 8.03. The van der Waals surface area contributed by atoms with Crippen LogP contribution in [0.25, 0.3) is 10.4 Å². The van der Waals surface area contributed by atoms with Crippen LogP contribution in [0.15, 0.2) is 24.3 Å². The van der Waals surface area contributed by atoms with Crippen molar-refractivity contribution in [3.63, 3.8) is 0 Å². The first kappa shape index (κ1) is 20.9. The molecule has 0 aliphatic rings. The van der Waals surface area contributed by atoms with Gasteiger partial charge in [-0.2, -0.15) is 0 Å². The van der Waals surface area contributed by atoms with Gasteiger partial charge in [-0.25, -0.2) is 9.59 Å². The van der Waals surface area contributed by atoms with Crippen LogP contribution >= 0.6 is 11.3 Å². The Bertz CT molecular complexity index is 934. The second-order valence-electron chi connectivity index (χ2n) is 5.88. The number of rotatable bonds is 8. The summed E-state index contributed by atoms with van der Waals surface area (Å²) < 4.78 is 5.14. The van der Waals surface area contributed by atoms with Crippen molar-refractivity contribution < 1.29 is 34.1 Å². The van der Waals surface area contributed by atoms with E-state index in [9.17, 15) is 24.3 Å². The van der Waals surface area contributed by atoms with Gasteiger partial charge in [-0.1, -0.05) is 12.1 Å². The van der Waals surface area contributed by atoms with E-state index in [0.717, 1.165) is 11.3 Å². The maximum absolute atomic E-state index is 12.1. The lowest BCUT2D eigenvalue weighted by atomic mass is 10.1. The quantitative estimate of drug-likeness (QED) is 0.517. The molecule has 2 aromatic rings. The number of carboxylic acids is 2. The van der Waals surface area contributed by atoms with Crippen LogP contribution in [0.2, 0.25) is 0 Å². The lowest BCUT2D eigenvalue weighted by Gasteiger charge is -2.10. The third-order valence-electron chi connectivity index (χ3n) is 3.81. The Morgan fingerprint density at radius 1 is 1.18 bits per heavy atom. The predicted octanol–water partition coefficient (Wildman–Crippen LogP) is 1.49. The molecular weight excluding hydrogens is 388 g/mol. The van der Waals surface area contributed by atoms with Crippen molar-refractivity contribution in [1.82, 2.24) is 5.32 Å². The molecule has 10 heteroatoms. The summed E-state index contributed by atoms with van der Waals surface area (Å²) in [6, 6.07) is 5.47. The number of primary amides is 1. The molecule has 2 rings (SSSR count). The van der Waals surface area contributed by atoms with Gasteiger partial charge in [-0.3, -0.25) is 9.59 Å². The Morgan fingerprint density at radius 3 is 2.29 bits per heavy atom. The molecule has 5 N–H and O–H groups in total. The molecule has 1 heterocycles. The minimum absolute atomic E-state index is 0.00648. The maximum atomic E-state index is 12.1. The van der Waals surface area contributed by atoms with Crippen LogP contribution in [0.4, 0.5) is 0 Å². The number of carboxylic acid groups (broad SMARTS) is 2. The van der Waals surface area contributed by atoms with Crippen LogP contribution in [0, 0.1) is 6.92 Å². The number of hydrogen-bond acceptors (Lipinski definition) is 6. The molecule has 0 bridgehead atoms. The zero-order chi connectivity index (χ0) is 21.0. The number of aromatic carboxylic acids is 1. The number of carbonyl (C=O) groups is 4. The summed E-state index contributed by atoms with van der Waals surface area (Å²) in [5, 5.41) is 20.6. The number of thiophene rings is 1. The fourth-order valence-electron chi connectivity index (χ4n) is 2.35. The van der Waals surface area contributed by atoms with Crippen molar-refractivity contribution in [3.8, 4) is 16.2 Å². The minimum Gasteiger partial charge on any atom is -0.480 e. The molecule has 0 saturated heterocycles. The molecule has 0 radical (unpaired) electrons. The Hall–Kier alpha value is -3.40. The molecule has 0 aliphatic carbocycles. The van der Waals surface area contributed by atoms with Crippen LogP contribution in [0.3, 0.4) is 0 Å². The van der Waals surface area contributed by atoms with Crippen molar-refractivity contribution in [2.75, 3.05) is 6.61 Å². The van der Waals surface area contributed by atoms with Gasteiger partial charge in [0.05, 0.1) is 0 Å². The van der Waals surface area contributed by atoms with E-state index in [2.05, 4.69) is 5.32 Å². The topological polar surface area (TPSA) is 156 Å². The lowest BCUT2D eigenvalue weighted by molar-refractivity contribution is -0.139. The summed E-state index contributed by atoms with van der Waals surface area (Å²) in [5.74, 6) is -3.57. The normalized spacial score (nSPS) is 11.5. The first-order valence-corrected chi connectivity index (χ1v) is 8.85. The second-order valence-corrected chi connectivity index (χ2v) is 6.90. The standard InChI is InChI=1S/C18H18N2O7S/c1-8-13(27-7-12(21)22)15(18(25)26)28-14(8)10-3-5-11(6-4-10)17(24)20-9(2)16(19)23/h3-6,9H,7H2,1-2H3,(H2,19,23)(H,20,24)(H,21,22)(H,25,26). The maximum Gasteiger partial charge on any atom is 0.349 e. The summed E-state index contributed by atoms with van der Waals surface area (Å²) in [6.07, 6.45) is 0. The van der Waals surface area contributed by atoms with Gasteiger partial charge in [0.25, 0.3) is 5.91 Å². The Balaban J connectivity index is 2.31. The lowest BCUT2D eigenvalue weighted by Crippen LogP contribution is -2.42. The van der Waals surface area contributed by atoms with Crippen LogP contribution in [0.1, 0.15) is 32.5 Å². The zero-order valence-corrected chi connectivity index (χ0v) is 15.8. The molecule has 9 nitrogen and oxygen atoms in total. The summed E-state index contributed by atoms with van der Waals surface area (Å²) in [5.41, 5.74) is 6.54. The summed E-state index contributed by atoms with van der Waals surface area (Å²) in [6.45, 7) is 2.44. The van der Waals surface area contributed by atoms with Crippen LogP contribution in [0.5, 0.6) is 5.75 Å². The number of benzene rings is 1. The number of amides is 2. The van der Waals surface area contributed by atoms with Gasteiger partial charge in [0.2, 0.25) is 5.91 Å². The number of ether oxygens (including phenoxy) is 1. The largest absolute Gasteiger partial charge is 0.480 e. The molecule has 1 aromatic heterocycles. The van der Waals surface area contributed by atoms with Crippen LogP contribution in [-0.2, 0) is 9.59 Å².